The molecule has 4 fully saturated rings. The number of ketones is 1. The largest absolute Gasteiger partial charge is 0.524 e. The number of benzene rings is 2. The first-order chi connectivity index (χ1) is 27.3. The number of phosphoric ester groups is 1. The summed E-state index contributed by atoms with van der Waals surface area (Å²) in [6.45, 7) is 15.7. The first kappa shape index (κ1) is 40.8. The number of ether oxygens (including phenoxy) is 4. The van der Waals surface area contributed by atoms with E-state index in [2.05, 4.69) is 12.2 Å². The van der Waals surface area contributed by atoms with Gasteiger partial charge in [0.15, 0.2) is 22.7 Å². The number of hydrogen-bond donors (Lipinski definition) is 2. The van der Waals surface area contributed by atoms with E-state index in [-0.39, 0.29) is 34.9 Å². The Bertz CT molecular complexity index is 2330. The summed E-state index contributed by atoms with van der Waals surface area (Å²) in [6, 6.07) is 7.74. The lowest BCUT2D eigenvalue weighted by atomic mass is 9.46. The standard InChI is InChI=1S/C45H52NO10PS/c1-24(2)13-12-20-43(8)21-19-28-36(53-43)27(17-16-25(3)4)37-33(38(28)55-57(49,50)51)35-34-39(58-31-15-11-10-14-30(31)46-35)29-23-32-42(6,7)56-44(40(29)47,45(32,34)54-37)22-18-26(5)41(48)52-9/h10-11,13-16,18-19,21,29,32,34,39H,12,17,20,22-23H2,1-9H3,(H2,49,50,51). The second kappa shape index (κ2) is 14.1. The van der Waals surface area contributed by atoms with Gasteiger partial charge in [0, 0.05) is 39.5 Å². The summed E-state index contributed by atoms with van der Waals surface area (Å²) < 4.78 is 45.8. The average Bonchev–Trinajstić information content (AvgIpc) is 3.23. The molecule has 7 unspecified atom stereocenters. The van der Waals surface area contributed by atoms with Crippen LogP contribution in [0.1, 0.15) is 97.8 Å². The van der Waals surface area contributed by atoms with Crippen LogP contribution >= 0.6 is 19.6 Å². The highest BCUT2D eigenvalue weighted by molar-refractivity contribution is 8.00. The summed E-state index contributed by atoms with van der Waals surface area (Å²) in [5, 5.41) is -0.374. The maximum absolute atomic E-state index is 15.4. The van der Waals surface area contributed by atoms with E-state index in [0.29, 0.717) is 58.7 Å². The van der Waals surface area contributed by atoms with Gasteiger partial charge in [-0.1, -0.05) is 41.5 Å². The zero-order valence-electron chi connectivity index (χ0n) is 34.5. The number of para-hydroxylation sites is 1. The molecule has 7 aliphatic rings. The summed E-state index contributed by atoms with van der Waals surface area (Å²) in [6.07, 6.45) is 11.9. The fourth-order valence-corrected chi connectivity index (χ4v) is 12.3. The lowest BCUT2D eigenvalue weighted by Crippen LogP contribution is -2.79. The molecule has 7 atom stereocenters. The van der Waals surface area contributed by atoms with Crippen molar-refractivity contribution in [1.29, 1.82) is 0 Å². The first-order valence-corrected chi connectivity index (χ1v) is 22.3. The Kier molecular flexibility index (Phi) is 9.92. The number of allylic oxidation sites excluding steroid dienone is 4. The Morgan fingerprint density at radius 3 is 2.45 bits per heavy atom. The first-order valence-electron chi connectivity index (χ1n) is 19.9. The molecule has 11 nitrogen and oxygen atoms in total. The van der Waals surface area contributed by atoms with Crippen molar-refractivity contribution in [3.63, 3.8) is 0 Å². The minimum Gasteiger partial charge on any atom is -0.482 e. The van der Waals surface area contributed by atoms with E-state index in [1.54, 1.807) is 24.8 Å². The predicted octanol–water partition coefficient (Wildman–Crippen LogP) is 9.20. The molecular formula is C45H52NO10PS. The van der Waals surface area contributed by atoms with Gasteiger partial charge in [-0.15, -0.1) is 11.8 Å². The third-order valence-corrected chi connectivity index (χ3v) is 14.7. The Labute approximate surface area is 344 Å². The topological polar surface area (TPSA) is 150 Å². The quantitative estimate of drug-likeness (QED) is 0.102. The van der Waals surface area contributed by atoms with E-state index in [4.69, 9.17) is 28.5 Å². The summed E-state index contributed by atoms with van der Waals surface area (Å²) >= 11 is 1.59. The van der Waals surface area contributed by atoms with Crippen molar-refractivity contribution in [2.75, 3.05) is 7.11 Å². The fraction of sp³-hybridized carbons (Fsp3) is 0.489. The molecule has 0 amide bonds. The zero-order chi connectivity index (χ0) is 41.7. The molecule has 58 heavy (non-hydrogen) atoms. The van der Waals surface area contributed by atoms with Crippen LogP contribution in [0.15, 0.2) is 75.2 Å². The van der Waals surface area contributed by atoms with Gasteiger partial charge in [-0.05, 0) is 105 Å². The van der Waals surface area contributed by atoms with Crippen LogP contribution in [0, 0.1) is 17.8 Å². The summed E-state index contributed by atoms with van der Waals surface area (Å²) in [5.41, 5.74) is 0.503. The number of rotatable bonds is 10. The van der Waals surface area contributed by atoms with Crippen LogP contribution in [-0.2, 0) is 30.0 Å². The predicted molar refractivity (Wildman–Crippen MR) is 223 cm³/mol. The Morgan fingerprint density at radius 1 is 1.03 bits per heavy atom. The van der Waals surface area contributed by atoms with E-state index in [9.17, 15) is 19.1 Å². The van der Waals surface area contributed by atoms with Crippen molar-refractivity contribution in [2.24, 2.45) is 22.7 Å². The number of carbonyl (C=O) groups is 2. The van der Waals surface area contributed by atoms with Crippen LogP contribution < -0.4 is 14.0 Å². The third kappa shape index (κ3) is 6.28. The zero-order valence-corrected chi connectivity index (χ0v) is 36.2. The van der Waals surface area contributed by atoms with Gasteiger partial charge < -0.3 is 23.5 Å². The van der Waals surface area contributed by atoms with Crippen LogP contribution in [0.2, 0.25) is 0 Å². The van der Waals surface area contributed by atoms with Crippen molar-refractivity contribution in [3.8, 4) is 17.2 Å². The van der Waals surface area contributed by atoms with Gasteiger partial charge in [-0.2, -0.15) is 0 Å². The number of hydrogen-bond acceptors (Lipinski definition) is 10. The second-order valence-electron chi connectivity index (χ2n) is 17.7. The number of thioether (sulfide) groups is 1. The van der Waals surface area contributed by atoms with Gasteiger partial charge in [-0.25, -0.2) is 9.36 Å². The molecule has 2 aromatic carbocycles. The summed E-state index contributed by atoms with van der Waals surface area (Å²) in [5.74, 6) is -1.45. The molecule has 13 heteroatoms. The molecule has 4 aliphatic heterocycles. The molecule has 9 rings (SSSR count). The normalized spacial score (nSPS) is 30.6. The van der Waals surface area contributed by atoms with Gasteiger partial charge in [0.05, 0.1) is 41.2 Å². The Morgan fingerprint density at radius 2 is 1.76 bits per heavy atom. The lowest BCUT2D eigenvalue weighted by Gasteiger charge is -2.63. The molecule has 1 spiro atoms. The number of phosphoric acid groups is 1. The molecule has 2 N–H and O–H groups in total. The van der Waals surface area contributed by atoms with Gasteiger partial charge >= 0.3 is 13.8 Å². The highest BCUT2D eigenvalue weighted by atomic mass is 32.2. The maximum Gasteiger partial charge on any atom is 0.524 e. The van der Waals surface area contributed by atoms with Crippen LogP contribution in [0.25, 0.3) is 6.08 Å². The number of carbonyl (C=O) groups excluding carboxylic acids is 2. The van der Waals surface area contributed by atoms with E-state index in [0.717, 1.165) is 16.9 Å². The molecule has 4 heterocycles. The van der Waals surface area contributed by atoms with Crippen molar-refractivity contribution >= 4 is 48.8 Å². The molecule has 1 saturated heterocycles. The van der Waals surface area contributed by atoms with Gasteiger partial charge in [-0.3, -0.25) is 19.6 Å². The summed E-state index contributed by atoms with van der Waals surface area (Å²) in [4.78, 5) is 55.7. The minimum absolute atomic E-state index is 0.0361. The van der Waals surface area contributed by atoms with Crippen LogP contribution in [0.4, 0.5) is 5.69 Å². The summed E-state index contributed by atoms with van der Waals surface area (Å²) in [7, 11) is -3.88. The van der Waals surface area contributed by atoms with E-state index < -0.39 is 48.0 Å². The van der Waals surface area contributed by atoms with Gasteiger partial charge in [0.2, 0.25) is 0 Å². The third-order valence-electron chi connectivity index (χ3n) is 12.8. The average molecular weight is 830 g/mol. The molecule has 0 radical (unpaired) electrons. The molecule has 3 saturated carbocycles. The highest BCUT2D eigenvalue weighted by Gasteiger charge is 2.85. The Balaban J connectivity index is 1.48. The van der Waals surface area contributed by atoms with Crippen molar-refractivity contribution < 1.29 is 47.4 Å². The lowest BCUT2D eigenvalue weighted by molar-refractivity contribution is -0.196. The van der Waals surface area contributed by atoms with Crippen LogP contribution in [0.5, 0.6) is 17.2 Å². The minimum atomic E-state index is -5.20. The second-order valence-corrected chi connectivity index (χ2v) is 20.1. The molecule has 3 aliphatic carbocycles. The van der Waals surface area contributed by atoms with E-state index in [1.165, 1.54) is 12.7 Å². The number of methoxy groups -OCH3 is 1. The smallest absolute Gasteiger partial charge is 0.482 e. The fourth-order valence-electron chi connectivity index (χ4n) is 10.3. The van der Waals surface area contributed by atoms with E-state index >= 15 is 4.79 Å². The number of aliphatic imine (C=N–C) groups is 1. The van der Waals surface area contributed by atoms with E-state index in [1.807, 2.05) is 84.9 Å². The number of esters is 1. The SMILES string of the molecule is COC(=O)C(C)=CCC12OC(C)(C)C3CC(C1=O)C1Sc4ccccc4N=C4c5c(OP(=O)(O)O)c6c(c(CC=C(C)C)c5OC32C41)OC(C)(CCC=C(C)C)C=C6. The molecule has 0 aromatic heterocycles. The monoisotopic (exact) mass is 829 g/mol. The maximum atomic E-state index is 15.4. The number of Topliss-reactive ketones (excluding diaryl/α,β-unsaturated/α-hetero) is 1. The van der Waals surface area contributed by atoms with Crippen LogP contribution in [0.3, 0.4) is 0 Å². The van der Waals surface area contributed by atoms with Gasteiger partial charge in [0.1, 0.15) is 17.1 Å². The van der Waals surface area contributed by atoms with Crippen molar-refractivity contribution in [3.05, 3.63) is 82.0 Å². The Hall–Kier alpha value is -3.93. The number of fused-ring (bicyclic) bond motifs is 4. The molecular weight excluding hydrogens is 778 g/mol. The van der Waals surface area contributed by atoms with Crippen LogP contribution in [-0.4, -0.2) is 62.0 Å². The van der Waals surface area contributed by atoms with Gasteiger partial charge in [0.25, 0.3) is 0 Å². The molecule has 2 aromatic rings. The van der Waals surface area contributed by atoms with Crippen molar-refractivity contribution in [2.45, 2.75) is 120 Å². The molecule has 308 valence electrons. The molecule has 4 bridgehead atoms. The number of nitrogens with zero attached hydrogens (tertiary/aromatic N) is 1. The van der Waals surface area contributed by atoms with Crippen molar-refractivity contribution in [1.82, 2.24) is 0 Å². The highest BCUT2D eigenvalue weighted by Crippen LogP contribution is 2.73.